The highest BCUT2D eigenvalue weighted by Crippen LogP contribution is 2.15. The van der Waals surface area contributed by atoms with Crippen LogP contribution in [0.3, 0.4) is 0 Å². The first-order valence-electron chi connectivity index (χ1n) is 7.54. The Morgan fingerprint density at radius 1 is 1.33 bits per heavy atom. The Kier molecular flexibility index (Phi) is 6.02. The molecular weight excluding hydrogens is 266 g/mol. The van der Waals surface area contributed by atoms with Crippen LogP contribution in [0.1, 0.15) is 19.3 Å². The van der Waals surface area contributed by atoms with Gasteiger partial charge in [0.05, 0.1) is 13.7 Å². The molecule has 1 saturated heterocycles. The van der Waals surface area contributed by atoms with E-state index in [1.807, 2.05) is 31.3 Å². The van der Waals surface area contributed by atoms with Crippen LogP contribution in [-0.2, 0) is 4.79 Å². The van der Waals surface area contributed by atoms with E-state index in [2.05, 4.69) is 15.5 Å². The average molecular weight is 291 g/mol. The number of nitrogens with zero attached hydrogens (tertiary/aromatic N) is 1. The summed E-state index contributed by atoms with van der Waals surface area (Å²) in [6, 6.07) is 7.88. The largest absolute Gasteiger partial charge is 0.497 e. The van der Waals surface area contributed by atoms with E-state index < -0.39 is 0 Å². The summed E-state index contributed by atoms with van der Waals surface area (Å²) >= 11 is 0. The smallest absolute Gasteiger partial charge is 0.238 e. The maximum absolute atomic E-state index is 12.1. The maximum Gasteiger partial charge on any atom is 0.238 e. The van der Waals surface area contributed by atoms with E-state index in [-0.39, 0.29) is 5.91 Å². The van der Waals surface area contributed by atoms with Crippen LogP contribution in [0.15, 0.2) is 24.3 Å². The lowest BCUT2D eigenvalue weighted by Gasteiger charge is -2.26. The minimum Gasteiger partial charge on any atom is -0.497 e. The predicted molar refractivity (Wildman–Crippen MR) is 84.8 cm³/mol. The first-order chi connectivity index (χ1) is 10.2. The number of rotatable bonds is 5. The van der Waals surface area contributed by atoms with Gasteiger partial charge in [0, 0.05) is 11.7 Å². The van der Waals surface area contributed by atoms with Crippen molar-refractivity contribution in [2.75, 3.05) is 39.1 Å². The van der Waals surface area contributed by atoms with E-state index in [0.29, 0.717) is 12.6 Å². The minimum atomic E-state index is 0.0277. The molecule has 1 aromatic rings. The zero-order valence-electron chi connectivity index (χ0n) is 12.9. The van der Waals surface area contributed by atoms with Gasteiger partial charge >= 0.3 is 0 Å². The van der Waals surface area contributed by atoms with Crippen LogP contribution in [0.2, 0.25) is 0 Å². The number of hydrogen-bond donors (Lipinski definition) is 2. The Bertz CT molecular complexity index is 439. The molecule has 0 spiro atoms. The molecule has 0 radical (unpaired) electrons. The van der Waals surface area contributed by atoms with Gasteiger partial charge in [-0.05, 0) is 63.7 Å². The molecule has 1 amide bonds. The van der Waals surface area contributed by atoms with Gasteiger partial charge in [-0.3, -0.25) is 9.69 Å². The van der Waals surface area contributed by atoms with Crippen LogP contribution < -0.4 is 15.4 Å². The van der Waals surface area contributed by atoms with Crippen molar-refractivity contribution in [1.82, 2.24) is 10.2 Å². The highest BCUT2D eigenvalue weighted by atomic mass is 16.5. The number of amides is 1. The predicted octanol–water partition coefficient (Wildman–Crippen LogP) is 1.71. The normalized spacial score (nSPS) is 19.1. The van der Waals surface area contributed by atoms with Gasteiger partial charge in [0.15, 0.2) is 0 Å². The lowest BCUT2D eigenvalue weighted by molar-refractivity contribution is -0.117. The Morgan fingerprint density at radius 2 is 2.10 bits per heavy atom. The fourth-order valence-electron chi connectivity index (χ4n) is 2.67. The van der Waals surface area contributed by atoms with Crippen molar-refractivity contribution in [3.05, 3.63) is 24.3 Å². The van der Waals surface area contributed by atoms with Crippen LogP contribution in [0, 0.1) is 0 Å². The number of anilines is 1. The fraction of sp³-hybridized carbons (Fsp3) is 0.562. The SMILES string of the molecule is COc1ccc(NC(=O)CN(C)C2CCCNCC2)cc1. The summed E-state index contributed by atoms with van der Waals surface area (Å²) in [5.41, 5.74) is 0.803. The Labute approximate surface area is 126 Å². The van der Waals surface area contributed by atoms with Crippen molar-refractivity contribution in [3.63, 3.8) is 0 Å². The standard InChI is InChI=1S/C16H25N3O2/c1-19(14-4-3-10-17-11-9-14)12-16(20)18-13-5-7-15(21-2)8-6-13/h5-8,14,17H,3-4,9-12H2,1-2H3,(H,18,20). The summed E-state index contributed by atoms with van der Waals surface area (Å²) in [4.78, 5) is 14.3. The third-order valence-corrected chi connectivity index (χ3v) is 3.94. The number of methoxy groups -OCH3 is 1. The molecule has 1 heterocycles. The number of ether oxygens (including phenoxy) is 1. The lowest BCUT2D eigenvalue weighted by Crippen LogP contribution is -2.38. The van der Waals surface area contributed by atoms with Gasteiger partial charge in [0.25, 0.3) is 0 Å². The van der Waals surface area contributed by atoms with E-state index in [1.54, 1.807) is 7.11 Å². The molecule has 2 N–H and O–H groups in total. The summed E-state index contributed by atoms with van der Waals surface area (Å²) in [6.07, 6.45) is 3.43. The van der Waals surface area contributed by atoms with Gasteiger partial charge in [-0.15, -0.1) is 0 Å². The molecule has 0 aromatic heterocycles. The van der Waals surface area contributed by atoms with Crippen molar-refractivity contribution in [2.24, 2.45) is 0 Å². The second-order valence-electron chi connectivity index (χ2n) is 5.53. The molecule has 0 bridgehead atoms. The summed E-state index contributed by atoms with van der Waals surface area (Å²) in [5.74, 6) is 0.816. The third kappa shape index (κ3) is 5.02. The van der Waals surface area contributed by atoms with Gasteiger partial charge in [-0.1, -0.05) is 0 Å². The van der Waals surface area contributed by atoms with E-state index in [4.69, 9.17) is 4.74 Å². The number of carbonyl (C=O) groups excluding carboxylic acids is 1. The van der Waals surface area contributed by atoms with Crippen LogP contribution in [-0.4, -0.2) is 50.6 Å². The van der Waals surface area contributed by atoms with Gasteiger partial charge in [-0.25, -0.2) is 0 Å². The van der Waals surface area contributed by atoms with Gasteiger partial charge < -0.3 is 15.4 Å². The minimum absolute atomic E-state index is 0.0277. The van der Waals surface area contributed by atoms with Crippen molar-refractivity contribution in [3.8, 4) is 5.75 Å². The molecule has 5 heteroatoms. The fourth-order valence-corrected chi connectivity index (χ4v) is 2.67. The second-order valence-corrected chi connectivity index (χ2v) is 5.53. The van der Waals surface area contributed by atoms with Gasteiger partial charge in [0.1, 0.15) is 5.75 Å². The summed E-state index contributed by atoms with van der Waals surface area (Å²) in [5, 5.41) is 6.32. The molecule has 116 valence electrons. The lowest BCUT2D eigenvalue weighted by atomic mass is 10.1. The first kappa shape index (κ1) is 15.8. The number of hydrogen-bond acceptors (Lipinski definition) is 4. The molecule has 1 aliphatic rings. The van der Waals surface area contributed by atoms with Crippen LogP contribution >= 0.6 is 0 Å². The molecule has 1 aliphatic heterocycles. The quantitative estimate of drug-likeness (QED) is 0.867. The molecule has 2 rings (SSSR count). The van der Waals surface area contributed by atoms with E-state index in [1.165, 1.54) is 6.42 Å². The van der Waals surface area contributed by atoms with E-state index >= 15 is 0 Å². The van der Waals surface area contributed by atoms with Crippen molar-refractivity contribution >= 4 is 11.6 Å². The van der Waals surface area contributed by atoms with E-state index in [0.717, 1.165) is 37.4 Å². The third-order valence-electron chi connectivity index (χ3n) is 3.94. The Morgan fingerprint density at radius 3 is 2.81 bits per heavy atom. The van der Waals surface area contributed by atoms with E-state index in [9.17, 15) is 4.79 Å². The topological polar surface area (TPSA) is 53.6 Å². The van der Waals surface area contributed by atoms with Crippen LogP contribution in [0.5, 0.6) is 5.75 Å². The Hall–Kier alpha value is -1.59. The van der Waals surface area contributed by atoms with Gasteiger partial charge in [0.2, 0.25) is 5.91 Å². The van der Waals surface area contributed by atoms with Crippen LogP contribution in [0.4, 0.5) is 5.69 Å². The summed E-state index contributed by atoms with van der Waals surface area (Å²) in [6.45, 7) is 2.55. The summed E-state index contributed by atoms with van der Waals surface area (Å²) < 4.78 is 5.10. The Balaban J connectivity index is 1.82. The average Bonchev–Trinajstić information content (AvgIpc) is 2.77. The number of carbonyl (C=O) groups is 1. The maximum atomic E-state index is 12.1. The number of nitrogens with one attached hydrogen (secondary N) is 2. The summed E-state index contributed by atoms with van der Waals surface area (Å²) in [7, 11) is 3.66. The molecular formula is C16H25N3O2. The number of likely N-dealkylation sites (N-methyl/N-ethyl adjacent to an activating group) is 1. The molecule has 5 nitrogen and oxygen atoms in total. The molecule has 1 aromatic carbocycles. The molecule has 0 saturated carbocycles. The first-order valence-corrected chi connectivity index (χ1v) is 7.54. The molecule has 1 fully saturated rings. The molecule has 1 atom stereocenters. The molecule has 0 aliphatic carbocycles. The highest BCUT2D eigenvalue weighted by molar-refractivity contribution is 5.92. The highest BCUT2D eigenvalue weighted by Gasteiger charge is 2.18. The van der Waals surface area contributed by atoms with Crippen LogP contribution in [0.25, 0.3) is 0 Å². The zero-order chi connectivity index (χ0) is 15.1. The van der Waals surface area contributed by atoms with Gasteiger partial charge in [-0.2, -0.15) is 0 Å². The monoisotopic (exact) mass is 291 g/mol. The van der Waals surface area contributed by atoms with Crippen molar-refractivity contribution < 1.29 is 9.53 Å². The molecule has 1 unspecified atom stereocenters. The molecule has 21 heavy (non-hydrogen) atoms. The zero-order valence-corrected chi connectivity index (χ0v) is 12.9. The number of benzene rings is 1. The van der Waals surface area contributed by atoms with Crippen molar-refractivity contribution in [2.45, 2.75) is 25.3 Å². The second kappa shape index (κ2) is 8.00. The van der Waals surface area contributed by atoms with Crippen molar-refractivity contribution in [1.29, 1.82) is 0 Å².